The first-order valence-corrected chi connectivity index (χ1v) is 39.2. The fraction of sp³-hybridized carbons (Fsp3) is 0.103. The van der Waals surface area contributed by atoms with Crippen molar-refractivity contribution in [2.24, 2.45) is 0 Å². The third-order valence-electron chi connectivity index (χ3n) is 24.1. The van der Waals surface area contributed by atoms with Crippen LogP contribution in [0, 0.1) is 0 Å². The first-order valence-electron chi connectivity index (χ1n) is 43.2. The number of aromatic nitrogens is 1. The summed E-state index contributed by atoms with van der Waals surface area (Å²) in [5.41, 5.74) is 25.7. The van der Waals surface area contributed by atoms with Crippen LogP contribution in [0.25, 0.3) is 138 Å². The van der Waals surface area contributed by atoms with Crippen LogP contribution in [0.2, 0.25) is 0 Å². The Morgan fingerprint density at radius 3 is 1.33 bits per heavy atom. The molecule has 0 aliphatic carbocycles. The predicted octanol–water partition coefficient (Wildman–Crippen LogP) is 27.7. The summed E-state index contributed by atoms with van der Waals surface area (Å²) in [5.74, 6) is 1.57. The van der Waals surface area contributed by atoms with Crippen LogP contribution in [0.1, 0.15) is 88.6 Å². The zero-order valence-corrected chi connectivity index (χ0v) is 64.4. The van der Waals surface area contributed by atoms with Gasteiger partial charge >= 0.3 is 0 Å². The van der Waals surface area contributed by atoms with Gasteiger partial charge in [-0.3, -0.25) is 0 Å². The summed E-state index contributed by atoms with van der Waals surface area (Å²) >= 11 is 0. The second-order valence-corrected chi connectivity index (χ2v) is 33.3. The molecule has 19 aromatic rings. The molecule has 0 saturated heterocycles. The number of anilines is 6. The fourth-order valence-electron chi connectivity index (χ4n) is 18.7. The van der Waals surface area contributed by atoms with Crippen molar-refractivity contribution < 1.29 is 24.5 Å². The molecular weight excluding hydrogens is 1390 g/mol. The van der Waals surface area contributed by atoms with Crippen molar-refractivity contribution in [3.05, 3.63) is 362 Å². The molecule has 544 valence electrons. The molecule has 6 heterocycles. The van der Waals surface area contributed by atoms with E-state index in [2.05, 4.69) is 320 Å². The second kappa shape index (κ2) is 25.2. The molecule has 114 heavy (non-hydrogen) atoms. The largest absolute Gasteiger partial charge is 0.457 e. The van der Waals surface area contributed by atoms with Gasteiger partial charge in [0.2, 0.25) is 0 Å². The Morgan fingerprint density at radius 1 is 0.342 bits per heavy atom. The highest BCUT2D eigenvalue weighted by molar-refractivity contribution is 7.00. The molecule has 0 atom stereocenters. The van der Waals surface area contributed by atoms with Gasteiger partial charge in [0.25, 0.3) is 6.71 Å². The summed E-state index contributed by atoms with van der Waals surface area (Å²) in [6.45, 7) is 17.4. The number of hydrogen-bond acceptors (Lipinski definition) is 5. The third kappa shape index (κ3) is 10.3. The zero-order valence-electron chi connectivity index (χ0n) is 72.4. The molecule has 0 amide bonds. The van der Waals surface area contributed by atoms with Gasteiger partial charge in [0.15, 0.2) is 0 Å². The van der Waals surface area contributed by atoms with Crippen LogP contribution in [-0.2, 0) is 16.2 Å². The Bertz CT molecular complexity index is 7580. The van der Waals surface area contributed by atoms with Crippen molar-refractivity contribution in [2.75, 3.05) is 9.80 Å². The van der Waals surface area contributed by atoms with Crippen LogP contribution in [-0.4, -0.2) is 11.3 Å². The van der Waals surface area contributed by atoms with Gasteiger partial charge in [-0.2, -0.15) is 0 Å². The summed E-state index contributed by atoms with van der Waals surface area (Å²) in [6.07, 6.45) is 0. The van der Waals surface area contributed by atoms with Crippen molar-refractivity contribution in [3.63, 3.8) is 0 Å². The maximum Gasteiger partial charge on any atom is 0.252 e. The van der Waals surface area contributed by atoms with Crippen LogP contribution in [0.15, 0.2) is 348 Å². The van der Waals surface area contributed by atoms with E-state index >= 15 is 0 Å². The molecule has 7 heteroatoms. The van der Waals surface area contributed by atoms with Crippen molar-refractivity contribution >= 4 is 123 Å². The molecule has 3 aliphatic rings. The number of fused-ring (bicyclic) bond motifs is 15. The van der Waals surface area contributed by atoms with Gasteiger partial charge in [-0.25, -0.2) is 0 Å². The SMILES string of the molecule is [2H]c1c([2H])c([2H])c2c(c1[2H])c1c([2H])c([2H])c([2H])c([2H])c1n2-c1ccc2c(c1)N(c1c(-c3ccccc3)cc(C(C)(C)C)c3oc4ccccc4c13)c1cc(-c3ccc4c(c3)C(C)(C)c3ccccc3O4)cc3c1B2c1cc(-c2cc(-c4ccccc4)cc(-c4ccccc4)c2)ccc1N3c1c(-c2ccccc2)cc(C(C)(C)C)c2oc3ccccc3c12. The summed E-state index contributed by atoms with van der Waals surface area (Å²) in [6, 6.07) is 100. The van der Waals surface area contributed by atoms with Gasteiger partial charge in [0, 0.05) is 88.8 Å². The Morgan fingerprint density at radius 2 is 0.789 bits per heavy atom. The highest BCUT2D eigenvalue weighted by Crippen LogP contribution is 2.58. The minimum absolute atomic E-state index is 0.00984. The van der Waals surface area contributed by atoms with E-state index in [1.54, 1.807) is 4.57 Å². The highest BCUT2D eigenvalue weighted by atomic mass is 16.5. The molecule has 3 aromatic heterocycles. The molecule has 22 rings (SSSR count). The van der Waals surface area contributed by atoms with Crippen LogP contribution in [0.5, 0.6) is 11.5 Å². The lowest BCUT2D eigenvalue weighted by molar-refractivity contribution is 0.418. The number of hydrogen-bond donors (Lipinski definition) is 0. The lowest BCUT2D eigenvalue weighted by Gasteiger charge is -2.46. The minimum Gasteiger partial charge on any atom is -0.457 e. The molecule has 0 fully saturated rings. The van der Waals surface area contributed by atoms with E-state index in [0.29, 0.717) is 22.5 Å². The Labute approximate surface area is 675 Å². The van der Waals surface area contributed by atoms with Gasteiger partial charge in [-0.15, -0.1) is 0 Å². The summed E-state index contributed by atoms with van der Waals surface area (Å²) in [4.78, 5) is 4.98. The maximum atomic E-state index is 10.0. The average Bonchev–Trinajstić information content (AvgIpc) is 1.04. The summed E-state index contributed by atoms with van der Waals surface area (Å²) in [7, 11) is 0. The monoisotopic (exact) mass is 1470 g/mol. The summed E-state index contributed by atoms with van der Waals surface area (Å²) in [5, 5.41) is 3.60. The van der Waals surface area contributed by atoms with Gasteiger partial charge < -0.3 is 27.9 Å². The van der Waals surface area contributed by atoms with E-state index in [9.17, 15) is 11.0 Å². The number of benzene rings is 16. The van der Waals surface area contributed by atoms with Crippen LogP contribution in [0.4, 0.5) is 34.1 Å². The number of para-hydroxylation sites is 5. The number of nitrogens with zero attached hydrogens (tertiary/aromatic N) is 3. The zero-order chi connectivity index (χ0) is 83.6. The van der Waals surface area contributed by atoms with E-state index in [1.165, 1.54) is 0 Å². The molecule has 16 aromatic carbocycles. The van der Waals surface area contributed by atoms with Gasteiger partial charge in [-0.1, -0.05) is 292 Å². The van der Waals surface area contributed by atoms with Crippen LogP contribution < -0.4 is 30.9 Å². The molecule has 0 unspecified atom stereocenters. The maximum absolute atomic E-state index is 10.0. The van der Waals surface area contributed by atoms with Crippen molar-refractivity contribution in [2.45, 2.75) is 71.6 Å². The van der Waals surface area contributed by atoms with E-state index in [0.717, 1.165) is 178 Å². The van der Waals surface area contributed by atoms with Gasteiger partial charge in [-0.05, 0) is 186 Å². The minimum atomic E-state index is -0.636. The number of ether oxygens (including phenoxy) is 1. The van der Waals surface area contributed by atoms with E-state index in [1.807, 2.05) is 36.4 Å². The standard InChI is InChI=1S/C107H80BN3O3/c1-105(2,3)84-63-80(67-35-17-11-18-36-67)101(98-78-41-23-28-46-94(78)113-103(84)98)110-90-53-49-70(73-56-71(65-31-13-9-14-32-65)55-72(57-73)66-33-15-10-16-34-66)59-87(90)108-86-52-51-75(109-88-44-26-21-39-76(88)77-40-22-27-45-89(77)109)62-91(86)111(102-81(68-37-19-12-20-38-68)64-85(106(4,5)6)104-99(102)79-42-24-29-47-95(79)114-104)93-61-74(60-92(110)100(93)108)69-50-54-97-83(58-69)107(7,8)82-43-25-30-48-96(82)112-97/h9-64H,1-8H3/i21D,22D,26D,27D,39D,40D,44D,45D. The number of rotatable bonds is 9. The first kappa shape index (κ1) is 59.2. The topological polar surface area (TPSA) is 46.9 Å². The van der Waals surface area contributed by atoms with Crippen molar-refractivity contribution in [1.82, 2.24) is 4.57 Å². The third-order valence-corrected chi connectivity index (χ3v) is 24.1. The van der Waals surface area contributed by atoms with E-state index < -0.39 is 71.3 Å². The lowest BCUT2D eigenvalue weighted by atomic mass is 9.33. The molecule has 0 radical (unpaired) electrons. The second-order valence-electron chi connectivity index (χ2n) is 33.3. The van der Waals surface area contributed by atoms with Crippen LogP contribution >= 0.6 is 0 Å². The highest BCUT2D eigenvalue weighted by Gasteiger charge is 2.47. The number of furan rings is 2. The van der Waals surface area contributed by atoms with Gasteiger partial charge in [0.1, 0.15) is 33.8 Å². The quantitative estimate of drug-likeness (QED) is 0.135. The lowest BCUT2D eigenvalue weighted by Crippen LogP contribution is -2.61. The fourth-order valence-corrected chi connectivity index (χ4v) is 18.7. The van der Waals surface area contributed by atoms with E-state index in [4.69, 9.17) is 13.6 Å². The normalized spacial score (nSPS) is 14.5. The van der Waals surface area contributed by atoms with Crippen LogP contribution in [0.3, 0.4) is 0 Å². The Kier molecular flexibility index (Phi) is 13.1. The Hall–Kier alpha value is -13.6. The summed E-state index contributed by atoms with van der Waals surface area (Å²) < 4.78 is 100. The molecule has 0 saturated carbocycles. The smallest absolute Gasteiger partial charge is 0.252 e. The molecule has 0 N–H and O–H groups in total. The first-order chi connectivity index (χ1) is 58.9. The van der Waals surface area contributed by atoms with Crippen molar-refractivity contribution in [3.8, 4) is 83.9 Å². The molecule has 6 nitrogen and oxygen atoms in total. The Balaban J connectivity index is 0.958. The molecule has 0 bridgehead atoms. The molecule has 3 aliphatic heterocycles. The molecular formula is C107H80BN3O3. The van der Waals surface area contributed by atoms with Gasteiger partial charge in [0.05, 0.1) is 44.1 Å². The van der Waals surface area contributed by atoms with Crippen molar-refractivity contribution in [1.29, 1.82) is 0 Å². The predicted molar refractivity (Wildman–Crippen MR) is 478 cm³/mol. The van der Waals surface area contributed by atoms with E-state index in [-0.39, 0.29) is 21.8 Å². The average molecular weight is 1470 g/mol. The molecule has 0 spiro atoms.